The van der Waals surface area contributed by atoms with Crippen molar-refractivity contribution in [1.29, 1.82) is 0 Å². The first-order valence-corrected chi connectivity index (χ1v) is 9.10. The van der Waals surface area contributed by atoms with Crippen molar-refractivity contribution >= 4 is 0 Å². The fraction of sp³-hybridized carbons (Fsp3) is 1.00. The van der Waals surface area contributed by atoms with E-state index in [4.69, 9.17) is 0 Å². The van der Waals surface area contributed by atoms with Crippen molar-refractivity contribution in [2.45, 2.75) is 83.7 Å². The van der Waals surface area contributed by atoms with E-state index in [1.54, 1.807) is 0 Å². The van der Waals surface area contributed by atoms with Crippen molar-refractivity contribution in [2.24, 2.45) is 11.8 Å². The van der Waals surface area contributed by atoms with Gasteiger partial charge in [0.05, 0.1) is 0 Å². The second-order valence-corrected chi connectivity index (χ2v) is 7.55. The minimum atomic E-state index is 0.685. The van der Waals surface area contributed by atoms with Crippen LogP contribution in [0, 0.1) is 11.8 Å². The monoisotopic (exact) mass is 280 g/mol. The van der Waals surface area contributed by atoms with Crippen LogP contribution in [0.3, 0.4) is 0 Å². The topological polar surface area (TPSA) is 15.3 Å². The van der Waals surface area contributed by atoms with Gasteiger partial charge in [0.25, 0.3) is 0 Å². The predicted octanol–water partition coefficient (Wildman–Crippen LogP) is 4.06. The molecule has 1 N–H and O–H groups in total. The minimum Gasteiger partial charge on any atom is -0.314 e. The van der Waals surface area contributed by atoms with Crippen molar-refractivity contribution in [3.8, 4) is 0 Å². The summed E-state index contributed by atoms with van der Waals surface area (Å²) in [5.41, 5.74) is 0. The summed E-state index contributed by atoms with van der Waals surface area (Å²) in [5.74, 6) is 2.14. The summed E-state index contributed by atoms with van der Waals surface area (Å²) in [7, 11) is 2.24. The largest absolute Gasteiger partial charge is 0.314 e. The van der Waals surface area contributed by atoms with Crippen molar-refractivity contribution in [3.05, 3.63) is 0 Å². The molecule has 0 amide bonds. The van der Waals surface area contributed by atoms with E-state index in [-0.39, 0.29) is 0 Å². The van der Waals surface area contributed by atoms with Crippen molar-refractivity contribution in [2.75, 3.05) is 20.1 Å². The quantitative estimate of drug-likeness (QED) is 0.708. The number of nitrogens with zero attached hydrogens (tertiary/aromatic N) is 1. The van der Waals surface area contributed by atoms with E-state index in [1.807, 2.05) is 0 Å². The van der Waals surface area contributed by atoms with Crippen LogP contribution in [0.5, 0.6) is 0 Å². The van der Waals surface area contributed by atoms with Crippen LogP contribution in [0.2, 0.25) is 0 Å². The Morgan fingerprint density at radius 2 is 1.75 bits per heavy atom. The summed E-state index contributed by atoms with van der Waals surface area (Å²) in [4.78, 5) is 2.45. The highest BCUT2D eigenvalue weighted by molar-refractivity contribution is 4.86. The fourth-order valence-corrected chi connectivity index (χ4v) is 4.11. The van der Waals surface area contributed by atoms with E-state index in [0.717, 1.165) is 17.9 Å². The van der Waals surface area contributed by atoms with E-state index < -0.39 is 0 Å². The third-order valence-corrected chi connectivity index (χ3v) is 5.79. The lowest BCUT2D eigenvalue weighted by atomic mass is 9.69. The number of fused-ring (bicyclic) bond motifs is 1. The summed E-state index contributed by atoms with van der Waals surface area (Å²) in [6, 6.07) is 1.52. The SMILES string of the molecule is CC(C)N(C)CCCCNC1CCC2CCCCC2C1. The van der Waals surface area contributed by atoms with Gasteiger partial charge in [0.2, 0.25) is 0 Å². The van der Waals surface area contributed by atoms with Crippen molar-refractivity contribution in [1.82, 2.24) is 10.2 Å². The molecule has 2 fully saturated rings. The maximum Gasteiger partial charge on any atom is 0.00699 e. The van der Waals surface area contributed by atoms with Crippen LogP contribution in [0.15, 0.2) is 0 Å². The molecule has 2 saturated carbocycles. The number of unbranched alkanes of at least 4 members (excludes halogenated alkanes) is 1. The van der Waals surface area contributed by atoms with Gasteiger partial charge in [-0.15, -0.1) is 0 Å². The van der Waals surface area contributed by atoms with Gasteiger partial charge >= 0.3 is 0 Å². The molecule has 0 aromatic rings. The molecule has 0 bridgehead atoms. The van der Waals surface area contributed by atoms with Gasteiger partial charge in [0, 0.05) is 12.1 Å². The maximum absolute atomic E-state index is 3.84. The second kappa shape index (κ2) is 8.38. The van der Waals surface area contributed by atoms with Crippen molar-refractivity contribution < 1.29 is 0 Å². The number of hydrogen-bond acceptors (Lipinski definition) is 2. The van der Waals surface area contributed by atoms with Crippen LogP contribution < -0.4 is 5.32 Å². The molecule has 2 aliphatic rings. The summed E-state index contributed by atoms with van der Waals surface area (Å²) in [6.45, 7) is 7.03. The van der Waals surface area contributed by atoms with Crippen LogP contribution in [0.4, 0.5) is 0 Å². The zero-order chi connectivity index (χ0) is 14.4. The van der Waals surface area contributed by atoms with E-state index in [0.29, 0.717) is 6.04 Å². The molecule has 20 heavy (non-hydrogen) atoms. The zero-order valence-corrected chi connectivity index (χ0v) is 14.0. The van der Waals surface area contributed by atoms with Crippen LogP contribution in [0.25, 0.3) is 0 Å². The average molecular weight is 280 g/mol. The van der Waals surface area contributed by atoms with E-state index in [1.165, 1.54) is 70.9 Å². The van der Waals surface area contributed by atoms with Crippen LogP contribution in [0.1, 0.15) is 71.6 Å². The van der Waals surface area contributed by atoms with Gasteiger partial charge in [-0.2, -0.15) is 0 Å². The fourth-order valence-electron chi connectivity index (χ4n) is 4.11. The summed E-state index contributed by atoms with van der Waals surface area (Å²) in [5, 5.41) is 3.84. The smallest absolute Gasteiger partial charge is 0.00699 e. The van der Waals surface area contributed by atoms with E-state index >= 15 is 0 Å². The molecule has 0 spiro atoms. The average Bonchev–Trinajstić information content (AvgIpc) is 2.46. The Bertz CT molecular complexity index is 264. The second-order valence-electron chi connectivity index (χ2n) is 7.55. The molecule has 2 heteroatoms. The Kier molecular flexibility index (Phi) is 6.83. The highest BCUT2D eigenvalue weighted by Gasteiger charge is 2.31. The Morgan fingerprint density at radius 3 is 2.50 bits per heavy atom. The van der Waals surface area contributed by atoms with Gasteiger partial charge in [-0.1, -0.05) is 25.7 Å². The Morgan fingerprint density at radius 1 is 1.00 bits per heavy atom. The Hall–Kier alpha value is -0.0800. The highest BCUT2D eigenvalue weighted by Crippen LogP contribution is 2.40. The molecule has 118 valence electrons. The normalized spacial score (nSPS) is 30.8. The lowest BCUT2D eigenvalue weighted by molar-refractivity contribution is 0.143. The molecule has 0 aliphatic heterocycles. The molecule has 0 heterocycles. The number of nitrogens with one attached hydrogen (secondary N) is 1. The Balaban J connectivity index is 1.54. The molecular weight excluding hydrogens is 244 g/mol. The summed E-state index contributed by atoms with van der Waals surface area (Å²) < 4.78 is 0. The maximum atomic E-state index is 3.84. The molecule has 2 nitrogen and oxygen atoms in total. The molecule has 0 saturated heterocycles. The highest BCUT2D eigenvalue weighted by atomic mass is 15.1. The number of hydrogen-bond donors (Lipinski definition) is 1. The third kappa shape index (κ3) is 5.04. The molecule has 0 aromatic heterocycles. The van der Waals surface area contributed by atoms with Crippen LogP contribution in [-0.4, -0.2) is 37.1 Å². The molecule has 3 unspecified atom stereocenters. The van der Waals surface area contributed by atoms with Gasteiger partial charge < -0.3 is 10.2 Å². The zero-order valence-electron chi connectivity index (χ0n) is 14.0. The predicted molar refractivity (Wildman–Crippen MR) is 88.1 cm³/mol. The molecule has 0 radical (unpaired) electrons. The lowest BCUT2D eigenvalue weighted by Crippen LogP contribution is -2.39. The first-order chi connectivity index (χ1) is 9.66. The molecule has 2 aliphatic carbocycles. The van der Waals surface area contributed by atoms with Crippen molar-refractivity contribution in [3.63, 3.8) is 0 Å². The van der Waals surface area contributed by atoms with Gasteiger partial charge in [-0.05, 0) is 77.9 Å². The van der Waals surface area contributed by atoms with Gasteiger partial charge in [0.1, 0.15) is 0 Å². The summed E-state index contributed by atoms with van der Waals surface area (Å²) in [6.07, 6.45) is 13.1. The molecule has 3 atom stereocenters. The molecule has 2 rings (SSSR count). The molecule has 0 aromatic carbocycles. The van der Waals surface area contributed by atoms with Crippen LogP contribution in [-0.2, 0) is 0 Å². The van der Waals surface area contributed by atoms with Gasteiger partial charge in [-0.3, -0.25) is 0 Å². The van der Waals surface area contributed by atoms with Gasteiger partial charge in [0.15, 0.2) is 0 Å². The lowest BCUT2D eigenvalue weighted by Gasteiger charge is -2.39. The minimum absolute atomic E-state index is 0.685. The first kappa shape index (κ1) is 16.3. The van der Waals surface area contributed by atoms with Gasteiger partial charge in [-0.25, -0.2) is 0 Å². The Labute approximate surface area is 126 Å². The van der Waals surface area contributed by atoms with E-state index in [9.17, 15) is 0 Å². The summed E-state index contributed by atoms with van der Waals surface area (Å²) >= 11 is 0. The standard InChI is InChI=1S/C18H36N2/c1-15(2)20(3)13-7-6-12-19-18-11-10-16-8-4-5-9-17(16)14-18/h15-19H,4-14H2,1-3H3. The van der Waals surface area contributed by atoms with Crippen LogP contribution >= 0.6 is 0 Å². The first-order valence-electron chi connectivity index (χ1n) is 9.10. The molecular formula is C18H36N2. The van der Waals surface area contributed by atoms with E-state index in [2.05, 4.69) is 31.1 Å². The third-order valence-electron chi connectivity index (χ3n) is 5.79. The number of rotatable bonds is 7.